The molecule has 0 fully saturated rings. The van der Waals surface area contributed by atoms with E-state index < -0.39 is 0 Å². The third-order valence-electron chi connectivity index (χ3n) is 2.94. The number of nitrogens with one attached hydrogen (secondary N) is 2. The van der Waals surface area contributed by atoms with Crippen LogP contribution in [0.1, 0.15) is 22.2 Å². The van der Waals surface area contributed by atoms with Gasteiger partial charge in [0, 0.05) is 34.7 Å². The molecule has 96 valence electrons. The quantitative estimate of drug-likeness (QED) is 0.564. The third kappa shape index (κ3) is 2.17. The molecule has 2 N–H and O–H groups in total. The van der Waals surface area contributed by atoms with Crippen LogP contribution in [0.25, 0.3) is 0 Å². The van der Waals surface area contributed by atoms with Crippen molar-refractivity contribution in [2.45, 2.75) is 5.92 Å². The van der Waals surface area contributed by atoms with Crippen LogP contribution >= 0.6 is 11.3 Å². The van der Waals surface area contributed by atoms with Crippen molar-refractivity contribution in [2.24, 2.45) is 0 Å². The van der Waals surface area contributed by atoms with E-state index in [2.05, 4.69) is 9.97 Å². The second-order valence-electron chi connectivity index (χ2n) is 4.12. The van der Waals surface area contributed by atoms with E-state index in [0.717, 1.165) is 16.3 Å². The molecular formula is C13H11N3O2S. The average molecular weight is 273 g/mol. The lowest BCUT2D eigenvalue weighted by atomic mass is 10.00. The maximum absolute atomic E-state index is 10.8. The number of thiophene rings is 1. The van der Waals surface area contributed by atoms with E-state index in [-0.39, 0.29) is 15.8 Å². The van der Waals surface area contributed by atoms with Gasteiger partial charge in [0.25, 0.3) is 0 Å². The summed E-state index contributed by atoms with van der Waals surface area (Å²) in [6, 6.07) is 11.2. The Balaban J connectivity index is 2.06. The van der Waals surface area contributed by atoms with Gasteiger partial charge in [-0.3, -0.25) is 10.1 Å². The lowest BCUT2D eigenvalue weighted by Gasteiger charge is -2.12. The molecular weight excluding hydrogens is 262 g/mol. The summed E-state index contributed by atoms with van der Waals surface area (Å²) in [7, 11) is 0. The molecule has 3 heterocycles. The molecule has 0 aliphatic carbocycles. The van der Waals surface area contributed by atoms with Crippen molar-refractivity contribution < 1.29 is 4.92 Å². The van der Waals surface area contributed by atoms with Gasteiger partial charge >= 0.3 is 5.00 Å². The molecule has 5 nitrogen and oxygen atoms in total. The Morgan fingerprint density at radius 1 is 1.05 bits per heavy atom. The van der Waals surface area contributed by atoms with Gasteiger partial charge in [-0.2, -0.15) is 0 Å². The maximum Gasteiger partial charge on any atom is 0.324 e. The number of nitro groups is 1. The maximum atomic E-state index is 10.8. The monoisotopic (exact) mass is 273 g/mol. The van der Waals surface area contributed by atoms with Crippen LogP contribution in [0, 0.1) is 10.1 Å². The summed E-state index contributed by atoms with van der Waals surface area (Å²) in [5.74, 6) is -0.0244. The summed E-state index contributed by atoms with van der Waals surface area (Å²) in [6.07, 6.45) is 3.71. The Morgan fingerprint density at radius 2 is 1.68 bits per heavy atom. The fourth-order valence-electron chi connectivity index (χ4n) is 2.12. The van der Waals surface area contributed by atoms with E-state index >= 15 is 0 Å². The number of nitrogens with zero attached hydrogens (tertiary/aromatic N) is 1. The SMILES string of the molecule is O=[N+]([O-])c1ccc(C(c2ccc[nH]2)c2ccc[nH]2)s1. The Hall–Kier alpha value is -2.34. The van der Waals surface area contributed by atoms with Gasteiger partial charge in [0.15, 0.2) is 0 Å². The molecule has 3 rings (SSSR count). The van der Waals surface area contributed by atoms with Crippen LogP contribution in [0.5, 0.6) is 0 Å². The molecule has 0 unspecified atom stereocenters. The topological polar surface area (TPSA) is 74.7 Å². The second-order valence-corrected chi connectivity index (χ2v) is 5.21. The summed E-state index contributed by atoms with van der Waals surface area (Å²) in [6.45, 7) is 0. The molecule has 0 amide bonds. The van der Waals surface area contributed by atoms with Crippen molar-refractivity contribution in [3.63, 3.8) is 0 Å². The minimum Gasteiger partial charge on any atom is -0.364 e. The Kier molecular flexibility index (Phi) is 2.92. The van der Waals surface area contributed by atoms with E-state index in [1.54, 1.807) is 6.07 Å². The number of aromatic amines is 2. The van der Waals surface area contributed by atoms with Crippen molar-refractivity contribution in [1.29, 1.82) is 0 Å². The predicted molar refractivity (Wildman–Crippen MR) is 73.5 cm³/mol. The number of hydrogen-bond acceptors (Lipinski definition) is 3. The summed E-state index contributed by atoms with van der Waals surface area (Å²) >= 11 is 1.21. The lowest BCUT2D eigenvalue weighted by molar-refractivity contribution is -0.380. The predicted octanol–water partition coefficient (Wildman–Crippen LogP) is 3.49. The van der Waals surface area contributed by atoms with Gasteiger partial charge in [0.05, 0.1) is 10.8 Å². The fraction of sp³-hybridized carbons (Fsp3) is 0.0769. The molecule has 3 aromatic heterocycles. The number of rotatable bonds is 4. The largest absolute Gasteiger partial charge is 0.364 e. The minimum absolute atomic E-state index is 0.0244. The molecule has 0 spiro atoms. The van der Waals surface area contributed by atoms with Crippen LogP contribution in [0.2, 0.25) is 0 Å². The van der Waals surface area contributed by atoms with E-state index in [1.165, 1.54) is 11.3 Å². The van der Waals surface area contributed by atoms with Crippen LogP contribution in [-0.4, -0.2) is 14.9 Å². The normalized spacial score (nSPS) is 11.0. The van der Waals surface area contributed by atoms with Crippen molar-refractivity contribution in [1.82, 2.24) is 9.97 Å². The Labute approximate surface area is 113 Å². The highest BCUT2D eigenvalue weighted by Gasteiger charge is 2.22. The van der Waals surface area contributed by atoms with Crippen molar-refractivity contribution in [3.8, 4) is 0 Å². The third-order valence-corrected chi connectivity index (χ3v) is 4.04. The first-order valence-electron chi connectivity index (χ1n) is 5.76. The zero-order chi connectivity index (χ0) is 13.2. The molecule has 0 aromatic carbocycles. The van der Waals surface area contributed by atoms with E-state index in [9.17, 15) is 10.1 Å². The van der Waals surface area contributed by atoms with Gasteiger partial charge in [-0.15, -0.1) is 0 Å². The van der Waals surface area contributed by atoms with Crippen molar-refractivity contribution >= 4 is 16.3 Å². The summed E-state index contributed by atoms with van der Waals surface area (Å²) in [4.78, 5) is 17.8. The number of aromatic nitrogens is 2. The molecule has 3 aromatic rings. The highest BCUT2D eigenvalue weighted by atomic mass is 32.1. The Morgan fingerprint density at radius 3 is 2.11 bits per heavy atom. The second kappa shape index (κ2) is 4.74. The van der Waals surface area contributed by atoms with Crippen LogP contribution in [-0.2, 0) is 0 Å². The smallest absolute Gasteiger partial charge is 0.324 e. The first kappa shape index (κ1) is 11.7. The standard InChI is InChI=1S/C13H11N3O2S/c17-16(18)12-6-5-11(19-12)13(9-3-1-7-14-9)10-4-2-8-15-10/h1-8,13-15H. The zero-order valence-electron chi connectivity index (χ0n) is 9.87. The van der Waals surface area contributed by atoms with Crippen LogP contribution in [0.3, 0.4) is 0 Å². The molecule has 0 aliphatic rings. The number of H-pyrrole nitrogens is 2. The van der Waals surface area contributed by atoms with E-state index in [4.69, 9.17) is 0 Å². The molecule has 0 saturated heterocycles. The minimum atomic E-state index is -0.353. The molecule has 0 radical (unpaired) electrons. The van der Waals surface area contributed by atoms with Gasteiger partial charge in [-0.05, 0) is 30.3 Å². The molecule has 19 heavy (non-hydrogen) atoms. The van der Waals surface area contributed by atoms with Crippen LogP contribution in [0.4, 0.5) is 5.00 Å². The first-order chi connectivity index (χ1) is 9.25. The highest BCUT2D eigenvalue weighted by molar-refractivity contribution is 7.15. The molecule has 0 saturated carbocycles. The van der Waals surface area contributed by atoms with Gasteiger partial charge in [0.2, 0.25) is 0 Å². The summed E-state index contributed by atoms with van der Waals surface area (Å²) in [5.41, 5.74) is 2.03. The number of hydrogen-bond donors (Lipinski definition) is 2. The van der Waals surface area contributed by atoms with E-state index in [0.29, 0.717) is 0 Å². The Bertz CT molecular complexity index is 636. The zero-order valence-corrected chi connectivity index (χ0v) is 10.7. The summed E-state index contributed by atoms with van der Waals surface area (Å²) in [5, 5.41) is 11.0. The van der Waals surface area contributed by atoms with E-state index in [1.807, 2.05) is 42.7 Å². The average Bonchev–Trinajstić information content (AvgIpc) is 3.12. The van der Waals surface area contributed by atoms with Gasteiger partial charge in [-0.1, -0.05) is 11.3 Å². The van der Waals surface area contributed by atoms with Crippen molar-refractivity contribution in [2.75, 3.05) is 0 Å². The van der Waals surface area contributed by atoms with Crippen LogP contribution < -0.4 is 0 Å². The first-order valence-corrected chi connectivity index (χ1v) is 6.58. The van der Waals surface area contributed by atoms with Crippen molar-refractivity contribution in [3.05, 3.63) is 75.2 Å². The molecule has 0 bridgehead atoms. The molecule has 6 heteroatoms. The highest BCUT2D eigenvalue weighted by Crippen LogP contribution is 2.36. The van der Waals surface area contributed by atoms with Gasteiger partial charge in [0.1, 0.15) is 0 Å². The molecule has 0 aliphatic heterocycles. The molecule has 0 atom stereocenters. The van der Waals surface area contributed by atoms with Crippen LogP contribution in [0.15, 0.2) is 48.8 Å². The van der Waals surface area contributed by atoms with Gasteiger partial charge in [-0.25, -0.2) is 0 Å². The lowest BCUT2D eigenvalue weighted by Crippen LogP contribution is -2.01. The summed E-state index contributed by atoms with van der Waals surface area (Å²) < 4.78 is 0. The van der Waals surface area contributed by atoms with Gasteiger partial charge < -0.3 is 9.97 Å². The fourth-order valence-corrected chi connectivity index (χ4v) is 3.08.